The smallest absolute Gasteiger partial charge is 0.00963 e. The molecule has 9 heavy (non-hydrogen) atoms. The Morgan fingerprint density at radius 2 is 1.33 bits per heavy atom. The fourth-order valence-electron chi connectivity index (χ4n) is 1.26. The molecule has 2 fully saturated rings. The summed E-state index contributed by atoms with van der Waals surface area (Å²) < 4.78 is 0. The molecular weight excluding hydrogens is 134 g/mol. The maximum Gasteiger partial charge on any atom is 0.00963 e. The van der Waals surface area contributed by atoms with Crippen molar-refractivity contribution in [3.05, 3.63) is 0 Å². The molecule has 0 unspecified atom stereocenters. The minimum Gasteiger partial charge on any atom is -0.300 e. The van der Waals surface area contributed by atoms with Crippen LogP contribution in [-0.2, 0) is 0 Å². The Kier molecular flexibility index (Phi) is 2.02. The van der Waals surface area contributed by atoms with E-state index in [-0.39, 0.29) is 12.4 Å². The first-order chi connectivity index (χ1) is 3.88. The van der Waals surface area contributed by atoms with Crippen LogP contribution in [0.2, 0.25) is 0 Å². The van der Waals surface area contributed by atoms with Crippen LogP contribution in [0.3, 0.4) is 0 Å². The Labute approximate surface area is 62.8 Å². The first-order valence-electron chi connectivity index (χ1n) is 3.60. The normalized spacial score (nSPS) is 26.0. The number of hydrogen-bond acceptors (Lipinski definition) is 1. The van der Waals surface area contributed by atoms with Crippen LogP contribution in [0.25, 0.3) is 0 Å². The molecule has 0 saturated heterocycles. The van der Waals surface area contributed by atoms with Gasteiger partial charge >= 0.3 is 0 Å². The lowest BCUT2D eigenvalue weighted by molar-refractivity contribution is 0.314. The van der Waals surface area contributed by atoms with E-state index in [1.807, 2.05) is 0 Å². The van der Waals surface area contributed by atoms with Crippen LogP contribution in [0.15, 0.2) is 0 Å². The highest BCUT2D eigenvalue weighted by Crippen LogP contribution is 2.35. The highest BCUT2D eigenvalue weighted by atomic mass is 35.5. The zero-order valence-corrected chi connectivity index (χ0v) is 6.66. The minimum atomic E-state index is 0. The molecule has 0 bridgehead atoms. The fraction of sp³-hybridized carbons (Fsp3) is 1.00. The van der Waals surface area contributed by atoms with E-state index in [9.17, 15) is 0 Å². The van der Waals surface area contributed by atoms with Gasteiger partial charge in [-0.15, -0.1) is 12.4 Å². The van der Waals surface area contributed by atoms with Gasteiger partial charge in [0.05, 0.1) is 0 Å². The standard InChI is InChI=1S/C7H13N.ClH/c1-8(6-2-3-6)7-4-5-7;/h6-7H,2-5H2,1H3;1H. The molecule has 0 aliphatic heterocycles. The van der Waals surface area contributed by atoms with Crippen LogP contribution >= 0.6 is 12.4 Å². The molecule has 0 spiro atoms. The van der Waals surface area contributed by atoms with Crippen molar-refractivity contribution < 1.29 is 0 Å². The molecule has 2 heteroatoms. The Morgan fingerprint density at radius 3 is 1.56 bits per heavy atom. The maximum absolute atomic E-state index is 2.56. The number of rotatable bonds is 2. The molecule has 2 aliphatic carbocycles. The molecule has 0 aromatic heterocycles. The number of hydrogen-bond donors (Lipinski definition) is 0. The lowest BCUT2D eigenvalue weighted by Crippen LogP contribution is -2.22. The maximum atomic E-state index is 2.56. The average Bonchev–Trinajstić information content (AvgIpc) is 2.63. The molecule has 2 aliphatic rings. The van der Waals surface area contributed by atoms with Crippen LogP contribution in [0.1, 0.15) is 25.7 Å². The first-order valence-corrected chi connectivity index (χ1v) is 3.60. The summed E-state index contributed by atoms with van der Waals surface area (Å²) in [5, 5.41) is 0. The highest BCUT2D eigenvalue weighted by molar-refractivity contribution is 5.85. The second-order valence-corrected chi connectivity index (χ2v) is 3.13. The number of nitrogens with zero attached hydrogens (tertiary/aromatic N) is 1. The molecule has 2 rings (SSSR count). The van der Waals surface area contributed by atoms with E-state index < -0.39 is 0 Å². The number of halogens is 1. The quantitative estimate of drug-likeness (QED) is 0.575. The van der Waals surface area contributed by atoms with Gasteiger partial charge in [-0.2, -0.15) is 0 Å². The van der Waals surface area contributed by atoms with Crippen molar-refractivity contribution >= 4 is 12.4 Å². The third-order valence-corrected chi connectivity index (χ3v) is 2.25. The summed E-state index contributed by atoms with van der Waals surface area (Å²) >= 11 is 0. The highest BCUT2D eigenvalue weighted by Gasteiger charge is 2.35. The predicted octanol–water partition coefficient (Wildman–Crippen LogP) is 1.66. The van der Waals surface area contributed by atoms with E-state index in [1.165, 1.54) is 25.7 Å². The molecule has 54 valence electrons. The van der Waals surface area contributed by atoms with Gasteiger partial charge < -0.3 is 4.90 Å². The second kappa shape index (κ2) is 2.47. The molecule has 0 atom stereocenters. The van der Waals surface area contributed by atoms with Crippen LogP contribution in [0.4, 0.5) is 0 Å². The molecule has 0 heterocycles. The van der Waals surface area contributed by atoms with Gasteiger partial charge in [-0.1, -0.05) is 0 Å². The van der Waals surface area contributed by atoms with E-state index >= 15 is 0 Å². The van der Waals surface area contributed by atoms with Gasteiger partial charge in [0, 0.05) is 12.1 Å². The Morgan fingerprint density at radius 1 is 1.00 bits per heavy atom. The first kappa shape index (κ1) is 7.36. The van der Waals surface area contributed by atoms with Crippen molar-refractivity contribution in [3.8, 4) is 0 Å². The second-order valence-electron chi connectivity index (χ2n) is 3.13. The minimum absolute atomic E-state index is 0. The van der Waals surface area contributed by atoms with Crippen molar-refractivity contribution in [3.63, 3.8) is 0 Å². The van der Waals surface area contributed by atoms with Crippen LogP contribution < -0.4 is 0 Å². The molecule has 0 N–H and O–H groups in total. The van der Waals surface area contributed by atoms with Gasteiger partial charge in [-0.05, 0) is 32.7 Å². The third-order valence-electron chi connectivity index (χ3n) is 2.25. The summed E-state index contributed by atoms with van der Waals surface area (Å²) in [5.41, 5.74) is 0. The van der Waals surface area contributed by atoms with Crippen molar-refractivity contribution in [2.75, 3.05) is 7.05 Å². The summed E-state index contributed by atoms with van der Waals surface area (Å²) in [6.07, 6.45) is 5.86. The molecule has 0 amide bonds. The average molecular weight is 148 g/mol. The monoisotopic (exact) mass is 147 g/mol. The lowest BCUT2D eigenvalue weighted by Gasteiger charge is -2.12. The van der Waals surface area contributed by atoms with E-state index in [2.05, 4.69) is 11.9 Å². The zero-order valence-electron chi connectivity index (χ0n) is 5.84. The molecule has 1 nitrogen and oxygen atoms in total. The summed E-state index contributed by atoms with van der Waals surface area (Å²) in [7, 11) is 2.27. The predicted molar refractivity (Wildman–Crippen MR) is 41.1 cm³/mol. The summed E-state index contributed by atoms with van der Waals surface area (Å²) in [4.78, 5) is 2.56. The van der Waals surface area contributed by atoms with Crippen LogP contribution in [0, 0.1) is 0 Å². The summed E-state index contributed by atoms with van der Waals surface area (Å²) in [6.45, 7) is 0. The Hall–Kier alpha value is 0.250. The van der Waals surface area contributed by atoms with E-state index in [0.717, 1.165) is 12.1 Å². The van der Waals surface area contributed by atoms with E-state index in [4.69, 9.17) is 0 Å². The van der Waals surface area contributed by atoms with Crippen molar-refractivity contribution in [2.45, 2.75) is 37.8 Å². The largest absolute Gasteiger partial charge is 0.300 e. The third kappa shape index (κ3) is 1.59. The zero-order chi connectivity index (χ0) is 5.56. The van der Waals surface area contributed by atoms with Gasteiger partial charge in [0.2, 0.25) is 0 Å². The van der Waals surface area contributed by atoms with Crippen molar-refractivity contribution in [2.24, 2.45) is 0 Å². The fourth-order valence-corrected chi connectivity index (χ4v) is 1.26. The topological polar surface area (TPSA) is 3.24 Å². The van der Waals surface area contributed by atoms with Crippen LogP contribution in [0.5, 0.6) is 0 Å². The summed E-state index contributed by atoms with van der Waals surface area (Å²) in [5.74, 6) is 0. The van der Waals surface area contributed by atoms with Gasteiger partial charge in [0.1, 0.15) is 0 Å². The summed E-state index contributed by atoms with van der Waals surface area (Å²) in [6, 6.07) is 1.98. The molecule has 0 aromatic carbocycles. The molecule has 2 saturated carbocycles. The Balaban J connectivity index is 0.000000405. The van der Waals surface area contributed by atoms with Gasteiger partial charge in [-0.3, -0.25) is 0 Å². The van der Waals surface area contributed by atoms with E-state index in [1.54, 1.807) is 0 Å². The van der Waals surface area contributed by atoms with Crippen molar-refractivity contribution in [1.29, 1.82) is 0 Å². The van der Waals surface area contributed by atoms with Gasteiger partial charge in [0.15, 0.2) is 0 Å². The van der Waals surface area contributed by atoms with Crippen LogP contribution in [-0.4, -0.2) is 24.0 Å². The van der Waals surface area contributed by atoms with E-state index in [0.29, 0.717) is 0 Å². The SMILES string of the molecule is CN(C1CC1)C1CC1.Cl. The molecule has 0 aromatic rings. The van der Waals surface area contributed by atoms with Gasteiger partial charge in [0.25, 0.3) is 0 Å². The van der Waals surface area contributed by atoms with Crippen molar-refractivity contribution in [1.82, 2.24) is 4.90 Å². The van der Waals surface area contributed by atoms with Gasteiger partial charge in [-0.25, -0.2) is 0 Å². The Bertz CT molecular complexity index is 85.1. The molecular formula is C7H14ClN. The lowest BCUT2D eigenvalue weighted by atomic mass is 10.5. The molecule has 0 radical (unpaired) electrons.